The molecule has 0 saturated heterocycles. The molecule has 0 heterocycles. The quantitative estimate of drug-likeness (QED) is 0.378. The van der Waals surface area contributed by atoms with Crippen LogP contribution in [-0.2, 0) is 0 Å². The maximum atomic E-state index is 13.1. The number of phenolic OH excluding ortho intramolecular Hbond substituents is 4. The highest BCUT2D eigenvalue weighted by Gasteiger charge is 2.47. The monoisotopic (exact) mass is 342 g/mol. The summed E-state index contributed by atoms with van der Waals surface area (Å²) in [5.74, 6) is -5.20. The Hall–Kier alpha value is -3.02. The number of carbonyl (C=O) groups is 2. The number of aromatic hydroxyl groups is 4. The average molecular weight is 342 g/mol. The second-order valence-corrected chi connectivity index (χ2v) is 6.95. The van der Waals surface area contributed by atoms with Crippen molar-refractivity contribution in [3.8, 4) is 23.0 Å². The zero-order chi connectivity index (χ0) is 18.8. The number of phenols is 4. The first kappa shape index (κ1) is 16.8. The van der Waals surface area contributed by atoms with Gasteiger partial charge in [-0.3, -0.25) is 9.59 Å². The van der Waals surface area contributed by atoms with Crippen LogP contribution in [0.3, 0.4) is 0 Å². The van der Waals surface area contributed by atoms with Gasteiger partial charge in [-0.05, 0) is 24.0 Å². The molecular formula is C19H18O6. The summed E-state index contributed by atoms with van der Waals surface area (Å²) in [5.41, 5.74) is -0.646. The molecule has 1 aliphatic carbocycles. The van der Waals surface area contributed by atoms with Crippen molar-refractivity contribution in [2.24, 2.45) is 11.3 Å². The van der Waals surface area contributed by atoms with Crippen LogP contribution in [-0.4, -0.2) is 32.0 Å². The molecular weight excluding hydrogens is 324 g/mol. The van der Waals surface area contributed by atoms with E-state index in [2.05, 4.69) is 6.58 Å². The molecule has 0 amide bonds. The van der Waals surface area contributed by atoms with Gasteiger partial charge in [0.2, 0.25) is 5.75 Å². The lowest BCUT2D eigenvalue weighted by molar-refractivity contribution is 0.0713. The van der Waals surface area contributed by atoms with E-state index in [-0.39, 0.29) is 21.9 Å². The fraction of sp³-hybridized carbons (Fsp3) is 0.263. The maximum absolute atomic E-state index is 13.1. The lowest BCUT2D eigenvalue weighted by Gasteiger charge is -2.34. The van der Waals surface area contributed by atoms with Gasteiger partial charge >= 0.3 is 0 Å². The largest absolute Gasteiger partial charge is 0.507 e. The summed E-state index contributed by atoms with van der Waals surface area (Å²) >= 11 is 0. The van der Waals surface area contributed by atoms with Crippen molar-refractivity contribution in [2.45, 2.75) is 20.8 Å². The van der Waals surface area contributed by atoms with E-state index in [1.165, 1.54) is 12.1 Å². The lowest BCUT2D eigenvalue weighted by atomic mass is 9.66. The van der Waals surface area contributed by atoms with Gasteiger partial charge in [0.05, 0.1) is 16.9 Å². The van der Waals surface area contributed by atoms with Crippen molar-refractivity contribution in [3.63, 3.8) is 0 Å². The minimum atomic E-state index is -1.14. The third-order valence-corrected chi connectivity index (χ3v) is 4.96. The van der Waals surface area contributed by atoms with Crippen molar-refractivity contribution < 1.29 is 30.0 Å². The van der Waals surface area contributed by atoms with Crippen LogP contribution in [0.25, 0.3) is 10.8 Å². The Bertz CT molecular complexity index is 984. The van der Waals surface area contributed by atoms with Crippen molar-refractivity contribution in [3.05, 3.63) is 35.4 Å². The molecule has 0 bridgehead atoms. The molecule has 130 valence electrons. The van der Waals surface area contributed by atoms with Crippen LogP contribution in [0.15, 0.2) is 18.7 Å². The minimum Gasteiger partial charge on any atom is -0.507 e. The molecule has 25 heavy (non-hydrogen) atoms. The summed E-state index contributed by atoms with van der Waals surface area (Å²) in [5, 5.41) is 40.3. The topological polar surface area (TPSA) is 115 Å². The van der Waals surface area contributed by atoms with Gasteiger partial charge in [-0.25, -0.2) is 0 Å². The number of hydrogen-bond acceptors (Lipinski definition) is 6. The summed E-state index contributed by atoms with van der Waals surface area (Å²) in [7, 11) is 0. The van der Waals surface area contributed by atoms with Crippen LogP contribution in [0.2, 0.25) is 0 Å². The number of aryl methyl sites for hydroxylation is 1. The smallest absolute Gasteiger partial charge is 0.201 e. The zero-order valence-corrected chi connectivity index (χ0v) is 14.0. The van der Waals surface area contributed by atoms with Gasteiger partial charge in [-0.2, -0.15) is 0 Å². The van der Waals surface area contributed by atoms with Gasteiger partial charge < -0.3 is 20.4 Å². The molecule has 2 aromatic carbocycles. The molecule has 0 fully saturated rings. The predicted molar refractivity (Wildman–Crippen MR) is 91.5 cm³/mol. The fourth-order valence-electron chi connectivity index (χ4n) is 3.52. The number of rotatable bonds is 2. The summed E-state index contributed by atoms with van der Waals surface area (Å²) in [6.07, 6.45) is 1.49. The van der Waals surface area contributed by atoms with E-state index < -0.39 is 45.9 Å². The molecule has 1 atom stereocenters. The molecule has 3 rings (SSSR count). The minimum absolute atomic E-state index is 0.0450. The van der Waals surface area contributed by atoms with Crippen LogP contribution in [0.1, 0.15) is 40.1 Å². The molecule has 0 aromatic heterocycles. The highest BCUT2D eigenvalue weighted by molar-refractivity contribution is 6.32. The van der Waals surface area contributed by atoms with Gasteiger partial charge in [0, 0.05) is 10.9 Å². The van der Waals surface area contributed by atoms with Crippen molar-refractivity contribution in [2.75, 3.05) is 0 Å². The maximum Gasteiger partial charge on any atom is 0.201 e. The number of carbonyl (C=O) groups excluding carboxylic acids is 2. The molecule has 0 radical (unpaired) electrons. The normalized spacial score (nSPS) is 17.2. The Morgan fingerprint density at radius 2 is 1.52 bits per heavy atom. The SMILES string of the molecule is C=CC(C)(C)C1C(=O)c2c(C)cc(O)c3c(O)c(O)c(O)c(c23)C1=O. The van der Waals surface area contributed by atoms with Gasteiger partial charge in [0.25, 0.3) is 0 Å². The molecule has 6 heteroatoms. The number of benzene rings is 2. The molecule has 0 saturated carbocycles. The molecule has 1 aliphatic rings. The Balaban J connectivity index is 2.58. The van der Waals surface area contributed by atoms with Crippen LogP contribution in [0.4, 0.5) is 0 Å². The summed E-state index contributed by atoms with van der Waals surface area (Å²) < 4.78 is 0. The third kappa shape index (κ3) is 1.97. The number of hydrogen-bond donors (Lipinski definition) is 4. The van der Waals surface area contributed by atoms with Crippen LogP contribution in [0, 0.1) is 18.3 Å². The lowest BCUT2D eigenvalue weighted by Crippen LogP contribution is -2.39. The molecule has 1 unspecified atom stereocenters. The first-order valence-corrected chi connectivity index (χ1v) is 7.69. The van der Waals surface area contributed by atoms with E-state index in [0.29, 0.717) is 5.56 Å². The van der Waals surface area contributed by atoms with E-state index in [4.69, 9.17) is 0 Å². The molecule has 4 N–H and O–H groups in total. The second-order valence-electron chi connectivity index (χ2n) is 6.95. The van der Waals surface area contributed by atoms with Crippen LogP contribution in [0.5, 0.6) is 23.0 Å². The average Bonchev–Trinajstić information content (AvgIpc) is 2.51. The Labute approximate surface area is 143 Å². The highest BCUT2D eigenvalue weighted by Crippen LogP contribution is 2.53. The van der Waals surface area contributed by atoms with Crippen LogP contribution < -0.4 is 0 Å². The zero-order valence-electron chi connectivity index (χ0n) is 14.0. The van der Waals surface area contributed by atoms with Crippen molar-refractivity contribution in [1.82, 2.24) is 0 Å². The Morgan fingerprint density at radius 3 is 2.08 bits per heavy atom. The van der Waals surface area contributed by atoms with Gasteiger partial charge in [-0.15, -0.1) is 6.58 Å². The number of ketones is 2. The Kier molecular flexibility index (Phi) is 3.36. The highest BCUT2D eigenvalue weighted by atomic mass is 16.3. The van der Waals surface area contributed by atoms with Gasteiger partial charge in [0.15, 0.2) is 23.1 Å². The van der Waals surface area contributed by atoms with E-state index in [9.17, 15) is 30.0 Å². The third-order valence-electron chi connectivity index (χ3n) is 4.96. The first-order valence-electron chi connectivity index (χ1n) is 7.69. The fourth-order valence-corrected chi connectivity index (χ4v) is 3.52. The molecule has 6 nitrogen and oxygen atoms in total. The van der Waals surface area contributed by atoms with Crippen molar-refractivity contribution in [1.29, 1.82) is 0 Å². The van der Waals surface area contributed by atoms with Gasteiger partial charge in [-0.1, -0.05) is 19.9 Å². The summed E-state index contributed by atoms with van der Waals surface area (Å²) in [4.78, 5) is 26.1. The van der Waals surface area contributed by atoms with E-state index >= 15 is 0 Å². The first-order chi connectivity index (χ1) is 11.5. The van der Waals surface area contributed by atoms with Crippen LogP contribution >= 0.6 is 0 Å². The van der Waals surface area contributed by atoms with E-state index in [1.54, 1.807) is 20.8 Å². The van der Waals surface area contributed by atoms with E-state index in [1.807, 2.05) is 0 Å². The number of allylic oxidation sites excluding steroid dienone is 1. The Morgan fingerprint density at radius 1 is 0.960 bits per heavy atom. The molecule has 0 aliphatic heterocycles. The summed E-state index contributed by atoms with van der Waals surface area (Å²) in [6.45, 7) is 8.62. The molecule has 2 aromatic rings. The summed E-state index contributed by atoms with van der Waals surface area (Å²) in [6, 6.07) is 1.28. The van der Waals surface area contributed by atoms with Gasteiger partial charge in [0.1, 0.15) is 5.75 Å². The standard InChI is InChI=1S/C19H18O6/c1-5-19(3,4)13-14(21)9-7(2)6-8(20)10-11(9)12(15(13)22)17(24)18(25)16(10)23/h5-6,13,20,23-25H,1H2,2-4H3. The predicted octanol–water partition coefficient (Wildman–Crippen LogP) is 3.18. The molecule has 0 spiro atoms. The number of Topliss-reactive ketones (excluding diaryl/α,β-unsaturated/α-hetero) is 2. The van der Waals surface area contributed by atoms with E-state index in [0.717, 1.165) is 0 Å². The second kappa shape index (κ2) is 4.99. The van der Waals surface area contributed by atoms with Crippen molar-refractivity contribution >= 4 is 22.3 Å².